The molecule has 1 aliphatic rings. The van der Waals surface area contributed by atoms with Crippen molar-refractivity contribution >= 4 is 5.91 Å². The molecule has 1 saturated heterocycles. The van der Waals surface area contributed by atoms with E-state index in [4.69, 9.17) is 0 Å². The highest BCUT2D eigenvalue weighted by Crippen LogP contribution is 2.04. The molecule has 0 saturated carbocycles. The zero-order valence-electron chi connectivity index (χ0n) is 5.09. The first kappa shape index (κ1) is 6.45. The van der Waals surface area contributed by atoms with Gasteiger partial charge in [0.2, 0.25) is 0 Å². The van der Waals surface area contributed by atoms with Crippen molar-refractivity contribution < 1.29 is 9.86 Å². The van der Waals surface area contributed by atoms with E-state index in [1.165, 1.54) is 0 Å². The van der Waals surface area contributed by atoms with E-state index in [9.17, 15) is 10.0 Å². The van der Waals surface area contributed by atoms with Gasteiger partial charge in [0, 0.05) is 5.92 Å². The van der Waals surface area contributed by atoms with Gasteiger partial charge in [0.05, 0.1) is 13.0 Å². The highest BCUT2D eigenvalue weighted by atomic mass is 16.5. The number of hydroxylamine groups is 2. The van der Waals surface area contributed by atoms with Crippen molar-refractivity contribution in [3.05, 3.63) is 17.9 Å². The van der Waals surface area contributed by atoms with Crippen molar-refractivity contribution in [3.8, 4) is 0 Å². The van der Waals surface area contributed by atoms with Gasteiger partial charge in [0.15, 0.2) is 0 Å². The van der Waals surface area contributed by atoms with E-state index in [1.54, 1.807) is 6.08 Å². The normalized spacial score (nSPS) is 35.0. The van der Waals surface area contributed by atoms with Crippen molar-refractivity contribution in [2.24, 2.45) is 5.92 Å². The van der Waals surface area contributed by atoms with Crippen molar-refractivity contribution in [1.82, 2.24) is 0 Å². The molecule has 2 atom stereocenters. The van der Waals surface area contributed by atoms with Gasteiger partial charge in [-0.25, -0.2) is 4.79 Å². The zero-order valence-corrected chi connectivity index (χ0v) is 5.09. The summed E-state index contributed by atoms with van der Waals surface area (Å²) >= 11 is 0. The predicted molar refractivity (Wildman–Crippen MR) is 32.5 cm³/mol. The molecule has 1 amide bonds. The lowest BCUT2D eigenvalue weighted by atomic mass is 10.1. The second kappa shape index (κ2) is 2.29. The third kappa shape index (κ3) is 1.17. The summed E-state index contributed by atoms with van der Waals surface area (Å²) in [5, 5.41) is 10.3. The van der Waals surface area contributed by atoms with Gasteiger partial charge < -0.3 is 10.3 Å². The van der Waals surface area contributed by atoms with E-state index in [0.29, 0.717) is 13.0 Å². The molecule has 1 rings (SSSR count). The molecule has 0 bridgehead atoms. The van der Waals surface area contributed by atoms with Crippen LogP contribution in [0.15, 0.2) is 12.7 Å². The standard InChI is InChI=1S/C6H9NO2/c1-2-5-3-6(8)7(9)4-5/h2,5,7H,1,3-4H2. The van der Waals surface area contributed by atoms with Crippen molar-refractivity contribution in [2.75, 3.05) is 6.54 Å². The molecule has 2 unspecified atom stereocenters. The number of amides is 1. The van der Waals surface area contributed by atoms with Crippen LogP contribution < -0.4 is 5.06 Å². The maximum absolute atomic E-state index is 10.5. The third-order valence-corrected chi connectivity index (χ3v) is 1.54. The minimum absolute atomic E-state index is 0.116. The first-order chi connectivity index (χ1) is 4.24. The zero-order chi connectivity index (χ0) is 6.85. The Hall–Kier alpha value is -0.670. The van der Waals surface area contributed by atoms with Crippen LogP contribution in [0.3, 0.4) is 0 Å². The summed E-state index contributed by atoms with van der Waals surface area (Å²) in [7, 11) is 0. The number of nitrogens with one attached hydrogen (secondary N) is 1. The van der Waals surface area contributed by atoms with Gasteiger partial charge in [-0.05, 0) is 0 Å². The van der Waals surface area contributed by atoms with Crippen molar-refractivity contribution in [1.29, 1.82) is 0 Å². The molecule has 0 aromatic heterocycles. The fourth-order valence-corrected chi connectivity index (χ4v) is 0.943. The van der Waals surface area contributed by atoms with Gasteiger partial charge in [-0.1, -0.05) is 6.08 Å². The summed E-state index contributed by atoms with van der Waals surface area (Å²) in [6.07, 6.45) is 2.05. The number of carbonyl (C=O) groups excluding carboxylic acids is 1. The van der Waals surface area contributed by atoms with Gasteiger partial charge in [0.25, 0.3) is 0 Å². The number of quaternary nitrogens is 1. The molecule has 0 radical (unpaired) electrons. The maximum Gasteiger partial charge on any atom is 0.312 e. The largest absolute Gasteiger partial charge is 0.627 e. The Balaban J connectivity index is 2.53. The van der Waals surface area contributed by atoms with Crippen LogP contribution in [0.4, 0.5) is 0 Å². The van der Waals surface area contributed by atoms with Crippen LogP contribution in [0, 0.1) is 11.1 Å². The lowest BCUT2D eigenvalue weighted by Gasteiger charge is -2.10. The second-order valence-corrected chi connectivity index (χ2v) is 2.25. The Morgan fingerprint density at radius 2 is 2.56 bits per heavy atom. The number of rotatable bonds is 1. The molecular weight excluding hydrogens is 118 g/mol. The highest BCUT2D eigenvalue weighted by molar-refractivity contribution is 5.69. The van der Waals surface area contributed by atoms with E-state index in [-0.39, 0.29) is 16.9 Å². The first-order valence-corrected chi connectivity index (χ1v) is 2.92. The Kier molecular flexibility index (Phi) is 1.64. The van der Waals surface area contributed by atoms with Crippen LogP contribution in [0.2, 0.25) is 0 Å². The van der Waals surface area contributed by atoms with Crippen molar-refractivity contribution in [2.45, 2.75) is 6.42 Å². The minimum atomic E-state index is -0.236. The maximum atomic E-state index is 10.5. The smallest absolute Gasteiger partial charge is 0.312 e. The van der Waals surface area contributed by atoms with Crippen LogP contribution in [0.1, 0.15) is 6.42 Å². The monoisotopic (exact) mass is 127 g/mol. The second-order valence-electron chi connectivity index (χ2n) is 2.25. The van der Waals surface area contributed by atoms with Gasteiger partial charge in [-0.2, -0.15) is 0 Å². The molecule has 1 heterocycles. The summed E-state index contributed by atoms with van der Waals surface area (Å²) in [5.41, 5.74) is 0. The third-order valence-electron chi connectivity index (χ3n) is 1.54. The SMILES string of the molecule is C=CC1CC(=O)[NH+]([O-])C1. The van der Waals surface area contributed by atoms with E-state index in [1.807, 2.05) is 0 Å². The van der Waals surface area contributed by atoms with Gasteiger partial charge >= 0.3 is 5.91 Å². The summed E-state index contributed by atoms with van der Waals surface area (Å²) < 4.78 is 0. The quantitative estimate of drug-likeness (QED) is 0.366. The number of hydrogen-bond donors (Lipinski definition) is 1. The molecule has 0 aromatic rings. The van der Waals surface area contributed by atoms with Gasteiger partial charge in [-0.3, -0.25) is 0 Å². The van der Waals surface area contributed by atoms with Crippen LogP contribution in [0.5, 0.6) is 0 Å². The molecule has 3 heteroatoms. The molecule has 0 aliphatic carbocycles. The van der Waals surface area contributed by atoms with E-state index < -0.39 is 0 Å². The van der Waals surface area contributed by atoms with Crippen LogP contribution in [0.25, 0.3) is 0 Å². The van der Waals surface area contributed by atoms with E-state index >= 15 is 0 Å². The summed E-state index contributed by atoms with van der Waals surface area (Å²) in [5.74, 6) is -0.120. The molecular formula is C6H9NO2. The van der Waals surface area contributed by atoms with Crippen LogP contribution in [-0.2, 0) is 4.79 Å². The summed E-state index contributed by atoms with van der Waals surface area (Å²) in [6, 6.07) is 0. The molecule has 3 nitrogen and oxygen atoms in total. The van der Waals surface area contributed by atoms with E-state index in [0.717, 1.165) is 0 Å². The molecule has 0 spiro atoms. The van der Waals surface area contributed by atoms with Crippen molar-refractivity contribution in [3.63, 3.8) is 0 Å². The predicted octanol–water partition coefficient (Wildman–Crippen LogP) is -0.898. The average molecular weight is 127 g/mol. The van der Waals surface area contributed by atoms with Crippen LogP contribution >= 0.6 is 0 Å². The fourth-order valence-electron chi connectivity index (χ4n) is 0.943. The lowest BCUT2D eigenvalue weighted by molar-refractivity contribution is -0.756. The highest BCUT2D eigenvalue weighted by Gasteiger charge is 2.27. The molecule has 9 heavy (non-hydrogen) atoms. The topological polar surface area (TPSA) is 44.6 Å². The molecule has 1 aliphatic heterocycles. The lowest BCUT2D eigenvalue weighted by Crippen LogP contribution is -3.07. The van der Waals surface area contributed by atoms with E-state index in [2.05, 4.69) is 6.58 Å². The Morgan fingerprint density at radius 3 is 2.78 bits per heavy atom. The van der Waals surface area contributed by atoms with Gasteiger partial charge in [0.1, 0.15) is 0 Å². The molecule has 50 valence electrons. The van der Waals surface area contributed by atoms with Gasteiger partial charge in [-0.15, -0.1) is 6.58 Å². The van der Waals surface area contributed by atoms with Crippen LogP contribution in [-0.4, -0.2) is 12.5 Å². The molecule has 0 aromatic carbocycles. The first-order valence-electron chi connectivity index (χ1n) is 2.92. The Labute approximate surface area is 53.5 Å². The number of carbonyl (C=O) groups is 1. The summed E-state index contributed by atoms with van der Waals surface area (Å²) in [4.78, 5) is 10.5. The average Bonchev–Trinajstić information content (AvgIpc) is 2.13. The molecule has 1 fully saturated rings. The Morgan fingerprint density at radius 1 is 1.89 bits per heavy atom. The Bertz CT molecular complexity index is 144. The minimum Gasteiger partial charge on any atom is -0.627 e. The fraction of sp³-hybridized carbons (Fsp3) is 0.500. The molecule has 1 N–H and O–H groups in total. The summed E-state index contributed by atoms with van der Waals surface area (Å²) in [6.45, 7) is 3.88. The number of hydrogen-bond acceptors (Lipinski definition) is 2.